The van der Waals surface area contributed by atoms with Crippen molar-refractivity contribution in [3.05, 3.63) is 33.8 Å². The molecular formula is C18H26Cl2N2. The molecule has 2 unspecified atom stereocenters. The van der Waals surface area contributed by atoms with E-state index in [1.165, 1.54) is 57.2 Å². The maximum Gasteiger partial charge on any atom is 0.0595 e. The van der Waals surface area contributed by atoms with Crippen LogP contribution in [0.15, 0.2) is 18.2 Å². The van der Waals surface area contributed by atoms with Crippen LogP contribution in [0.2, 0.25) is 10.0 Å². The summed E-state index contributed by atoms with van der Waals surface area (Å²) in [5.74, 6) is 0. The number of hydrogen-bond acceptors (Lipinski definition) is 2. The highest BCUT2D eigenvalue weighted by atomic mass is 35.5. The van der Waals surface area contributed by atoms with Gasteiger partial charge in [-0.15, -0.1) is 0 Å². The molecule has 22 heavy (non-hydrogen) atoms. The van der Waals surface area contributed by atoms with Gasteiger partial charge in [0.2, 0.25) is 0 Å². The number of halogens is 2. The van der Waals surface area contributed by atoms with E-state index in [9.17, 15) is 0 Å². The first kappa shape index (κ1) is 16.6. The van der Waals surface area contributed by atoms with Crippen molar-refractivity contribution in [1.29, 1.82) is 0 Å². The van der Waals surface area contributed by atoms with Crippen LogP contribution in [-0.2, 0) is 6.54 Å². The monoisotopic (exact) mass is 340 g/mol. The van der Waals surface area contributed by atoms with E-state index in [1.54, 1.807) is 0 Å². The van der Waals surface area contributed by atoms with Crippen molar-refractivity contribution in [1.82, 2.24) is 9.80 Å². The topological polar surface area (TPSA) is 6.48 Å². The zero-order valence-corrected chi connectivity index (χ0v) is 14.9. The number of rotatable bonds is 4. The van der Waals surface area contributed by atoms with Gasteiger partial charge >= 0.3 is 0 Å². The fraction of sp³-hybridized carbons (Fsp3) is 0.667. The Hall–Kier alpha value is -0.280. The summed E-state index contributed by atoms with van der Waals surface area (Å²) in [6, 6.07) is 7.42. The lowest BCUT2D eigenvalue weighted by Gasteiger charge is -2.42. The first-order valence-corrected chi connectivity index (χ1v) is 9.29. The summed E-state index contributed by atoms with van der Waals surface area (Å²) in [7, 11) is 2.27. The molecule has 0 radical (unpaired) electrons. The number of nitrogens with zero attached hydrogens (tertiary/aromatic N) is 2. The van der Waals surface area contributed by atoms with Crippen LogP contribution in [0.25, 0.3) is 0 Å². The predicted octanol–water partition coefficient (Wildman–Crippen LogP) is 4.83. The van der Waals surface area contributed by atoms with Crippen LogP contribution in [0.3, 0.4) is 0 Å². The first-order valence-electron chi connectivity index (χ1n) is 8.53. The van der Waals surface area contributed by atoms with Gasteiger partial charge in [0.25, 0.3) is 0 Å². The summed E-state index contributed by atoms with van der Waals surface area (Å²) in [5.41, 5.74) is 1.25. The normalized spacial score (nSPS) is 26.7. The summed E-state index contributed by atoms with van der Waals surface area (Å²) in [4.78, 5) is 5.26. The third-order valence-corrected chi connectivity index (χ3v) is 6.02. The van der Waals surface area contributed by atoms with Gasteiger partial charge in [0.05, 0.1) is 10.0 Å². The van der Waals surface area contributed by atoms with Gasteiger partial charge in [0, 0.05) is 18.6 Å². The number of benzene rings is 1. The smallest absolute Gasteiger partial charge is 0.0595 e. The van der Waals surface area contributed by atoms with Crippen LogP contribution in [0.5, 0.6) is 0 Å². The minimum atomic E-state index is 0.640. The van der Waals surface area contributed by atoms with Gasteiger partial charge in [0.1, 0.15) is 0 Å². The van der Waals surface area contributed by atoms with Crippen molar-refractivity contribution in [2.45, 2.75) is 57.2 Å². The van der Waals surface area contributed by atoms with Crippen molar-refractivity contribution in [3.8, 4) is 0 Å². The molecular weight excluding hydrogens is 315 g/mol. The Morgan fingerprint density at radius 2 is 1.77 bits per heavy atom. The van der Waals surface area contributed by atoms with Crippen LogP contribution < -0.4 is 0 Å². The third-order valence-electron chi connectivity index (χ3n) is 5.29. The molecule has 1 aromatic rings. The summed E-state index contributed by atoms with van der Waals surface area (Å²) in [5, 5.41) is 1.30. The van der Waals surface area contributed by atoms with Crippen molar-refractivity contribution < 1.29 is 0 Å². The Labute approximate surface area is 144 Å². The third kappa shape index (κ3) is 3.79. The average Bonchev–Trinajstić information content (AvgIpc) is 3.05. The maximum absolute atomic E-state index is 6.16. The largest absolute Gasteiger partial charge is 0.299 e. The van der Waals surface area contributed by atoms with E-state index in [0.29, 0.717) is 16.1 Å². The summed E-state index contributed by atoms with van der Waals surface area (Å²) < 4.78 is 0. The van der Waals surface area contributed by atoms with Crippen molar-refractivity contribution in [2.75, 3.05) is 20.1 Å². The van der Waals surface area contributed by atoms with E-state index in [4.69, 9.17) is 23.2 Å². The van der Waals surface area contributed by atoms with Gasteiger partial charge in [0.15, 0.2) is 0 Å². The molecule has 3 rings (SSSR count). The Balaban J connectivity index is 1.68. The Kier molecular flexibility index (Phi) is 5.67. The number of likely N-dealkylation sites (N-methyl/N-ethyl adjacent to an activating group) is 1. The van der Waals surface area contributed by atoms with E-state index in [1.807, 2.05) is 12.1 Å². The first-order chi connectivity index (χ1) is 10.6. The van der Waals surface area contributed by atoms with Gasteiger partial charge in [-0.2, -0.15) is 0 Å². The zero-order valence-electron chi connectivity index (χ0n) is 13.4. The molecule has 1 aromatic carbocycles. The molecule has 1 saturated carbocycles. The highest BCUT2D eigenvalue weighted by Gasteiger charge is 2.33. The summed E-state index contributed by atoms with van der Waals surface area (Å²) >= 11 is 12.2. The molecule has 0 amide bonds. The number of likely N-dealkylation sites (tertiary alicyclic amines) is 1. The molecule has 4 heteroatoms. The minimum absolute atomic E-state index is 0.640. The molecule has 0 N–H and O–H groups in total. The molecule has 1 heterocycles. The fourth-order valence-corrected chi connectivity index (χ4v) is 4.47. The Morgan fingerprint density at radius 3 is 2.50 bits per heavy atom. The van der Waals surface area contributed by atoms with Crippen LogP contribution in [0.1, 0.15) is 44.1 Å². The predicted molar refractivity (Wildman–Crippen MR) is 94.8 cm³/mol. The minimum Gasteiger partial charge on any atom is -0.299 e. The van der Waals surface area contributed by atoms with E-state index < -0.39 is 0 Å². The maximum atomic E-state index is 6.16. The van der Waals surface area contributed by atoms with Crippen LogP contribution in [-0.4, -0.2) is 42.0 Å². The molecule has 2 nitrogen and oxygen atoms in total. The van der Waals surface area contributed by atoms with E-state index in [0.717, 1.165) is 12.6 Å². The average molecular weight is 341 g/mol. The van der Waals surface area contributed by atoms with Gasteiger partial charge in [-0.3, -0.25) is 9.80 Å². The van der Waals surface area contributed by atoms with Crippen LogP contribution >= 0.6 is 23.2 Å². The molecule has 2 atom stereocenters. The molecule has 1 saturated heterocycles. The Bertz CT molecular complexity index is 500. The summed E-state index contributed by atoms with van der Waals surface area (Å²) in [6.07, 6.45) is 8.17. The van der Waals surface area contributed by atoms with Crippen LogP contribution in [0.4, 0.5) is 0 Å². The highest BCUT2D eigenvalue weighted by molar-refractivity contribution is 6.42. The lowest BCUT2D eigenvalue weighted by molar-refractivity contribution is 0.0723. The van der Waals surface area contributed by atoms with Gasteiger partial charge in [-0.1, -0.05) is 42.1 Å². The fourth-order valence-electron chi connectivity index (χ4n) is 4.15. The number of hydrogen-bond donors (Lipinski definition) is 0. The second-order valence-electron chi connectivity index (χ2n) is 6.83. The van der Waals surface area contributed by atoms with E-state index in [2.05, 4.69) is 22.9 Å². The lowest BCUT2D eigenvalue weighted by Crippen LogP contribution is -2.51. The van der Waals surface area contributed by atoms with Gasteiger partial charge in [-0.05, 0) is 63.5 Å². The molecule has 122 valence electrons. The van der Waals surface area contributed by atoms with Crippen molar-refractivity contribution in [3.63, 3.8) is 0 Å². The molecule has 1 aliphatic heterocycles. The van der Waals surface area contributed by atoms with Gasteiger partial charge < -0.3 is 0 Å². The second-order valence-corrected chi connectivity index (χ2v) is 7.64. The van der Waals surface area contributed by atoms with Crippen molar-refractivity contribution in [2.24, 2.45) is 0 Å². The second kappa shape index (κ2) is 7.53. The standard InChI is InChI=1S/C18H26Cl2N2/c1-21(13-14-8-9-15(19)16(20)12-14)17-6-2-3-7-18(17)22-10-4-5-11-22/h8-9,12,17-18H,2-7,10-11,13H2,1H3. The van der Waals surface area contributed by atoms with Crippen molar-refractivity contribution >= 4 is 23.2 Å². The molecule has 0 aromatic heterocycles. The molecule has 2 fully saturated rings. The van der Waals surface area contributed by atoms with E-state index >= 15 is 0 Å². The Morgan fingerprint density at radius 1 is 1.05 bits per heavy atom. The molecule has 0 bridgehead atoms. The molecule has 1 aliphatic carbocycles. The van der Waals surface area contributed by atoms with Gasteiger partial charge in [-0.25, -0.2) is 0 Å². The van der Waals surface area contributed by atoms with Crippen LogP contribution in [0, 0.1) is 0 Å². The SMILES string of the molecule is CN(Cc1ccc(Cl)c(Cl)c1)C1CCCCC1N1CCCC1. The van der Waals surface area contributed by atoms with E-state index in [-0.39, 0.29) is 0 Å². The molecule has 0 spiro atoms. The quantitative estimate of drug-likeness (QED) is 0.774. The summed E-state index contributed by atoms with van der Waals surface area (Å²) in [6.45, 7) is 3.54. The highest BCUT2D eigenvalue weighted by Crippen LogP contribution is 2.30. The molecule has 2 aliphatic rings. The lowest BCUT2D eigenvalue weighted by atomic mass is 9.88. The zero-order chi connectivity index (χ0) is 15.5.